The number of nitrogens with one attached hydrogen (secondary N) is 1. The molecule has 0 aromatic rings. The predicted molar refractivity (Wildman–Crippen MR) is 41.1 cm³/mol. The zero-order chi connectivity index (χ0) is 6.41. The van der Waals surface area contributed by atoms with E-state index in [4.69, 9.17) is 12.2 Å². The van der Waals surface area contributed by atoms with Crippen LogP contribution in [0.25, 0.3) is 0 Å². The van der Waals surface area contributed by atoms with Crippen LogP contribution in [0.5, 0.6) is 0 Å². The van der Waals surface area contributed by atoms with Crippen LogP contribution in [-0.4, -0.2) is 11.5 Å². The number of hydrogen-bond acceptors (Lipinski definition) is 1. The Hall–Kier alpha value is -0.370. The minimum Gasteiger partial charge on any atom is -0.376 e. The molecule has 0 fully saturated rings. The molecule has 0 rings (SSSR count). The average Bonchev–Trinajstić information content (AvgIpc) is 1.66. The molecule has 0 amide bonds. The van der Waals surface area contributed by atoms with E-state index in [1.165, 1.54) is 0 Å². The zero-order valence-electron chi connectivity index (χ0n) is 5.27. The van der Waals surface area contributed by atoms with Crippen LogP contribution in [-0.2, 0) is 0 Å². The molecule has 0 unspecified atom stereocenters. The van der Waals surface area contributed by atoms with Crippen LogP contribution < -0.4 is 5.32 Å². The summed E-state index contributed by atoms with van der Waals surface area (Å²) in [4.78, 5) is 0.850. The van der Waals surface area contributed by atoms with Gasteiger partial charge in [0.1, 0.15) is 0 Å². The number of hydrogen-bond donors (Lipinski definition) is 1. The van der Waals surface area contributed by atoms with Crippen LogP contribution in [0.15, 0.2) is 12.2 Å². The Morgan fingerprint density at radius 2 is 2.38 bits per heavy atom. The normalized spacial score (nSPS) is 9.75. The molecule has 0 heterocycles. The first-order valence-electron chi connectivity index (χ1n) is 2.63. The van der Waals surface area contributed by atoms with E-state index >= 15 is 0 Å². The van der Waals surface area contributed by atoms with E-state index in [2.05, 4.69) is 5.32 Å². The summed E-state index contributed by atoms with van der Waals surface area (Å²) in [5.41, 5.74) is 0. The Morgan fingerprint density at radius 1 is 1.75 bits per heavy atom. The van der Waals surface area contributed by atoms with Crippen molar-refractivity contribution in [3.8, 4) is 0 Å². The SMILES string of the molecule is C/C=C/CNC(C)=S. The van der Waals surface area contributed by atoms with Gasteiger partial charge in [0.2, 0.25) is 0 Å². The van der Waals surface area contributed by atoms with Crippen molar-refractivity contribution in [2.45, 2.75) is 13.8 Å². The maximum absolute atomic E-state index is 4.76. The van der Waals surface area contributed by atoms with Crippen LogP contribution in [0.3, 0.4) is 0 Å². The van der Waals surface area contributed by atoms with Gasteiger partial charge < -0.3 is 5.32 Å². The van der Waals surface area contributed by atoms with Crippen molar-refractivity contribution in [2.24, 2.45) is 0 Å². The van der Waals surface area contributed by atoms with Gasteiger partial charge in [-0.3, -0.25) is 0 Å². The summed E-state index contributed by atoms with van der Waals surface area (Å²) >= 11 is 4.76. The largest absolute Gasteiger partial charge is 0.376 e. The van der Waals surface area contributed by atoms with Crippen molar-refractivity contribution in [1.82, 2.24) is 5.32 Å². The Bertz CT molecular complexity index is 96.7. The van der Waals surface area contributed by atoms with Crippen molar-refractivity contribution in [3.05, 3.63) is 12.2 Å². The summed E-state index contributed by atoms with van der Waals surface area (Å²) in [6.07, 6.45) is 4.01. The lowest BCUT2D eigenvalue weighted by molar-refractivity contribution is 1.05. The third-order valence-corrected chi connectivity index (χ3v) is 0.849. The lowest BCUT2D eigenvalue weighted by atomic mass is 10.5. The molecular weight excluding hydrogens is 118 g/mol. The highest BCUT2D eigenvalue weighted by atomic mass is 32.1. The van der Waals surface area contributed by atoms with Crippen molar-refractivity contribution >= 4 is 17.2 Å². The average molecular weight is 129 g/mol. The molecule has 8 heavy (non-hydrogen) atoms. The van der Waals surface area contributed by atoms with Gasteiger partial charge in [0.15, 0.2) is 0 Å². The van der Waals surface area contributed by atoms with E-state index in [0.29, 0.717) is 0 Å². The van der Waals surface area contributed by atoms with Gasteiger partial charge in [-0.2, -0.15) is 0 Å². The van der Waals surface area contributed by atoms with E-state index in [0.717, 1.165) is 11.5 Å². The smallest absolute Gasteiger partial charge is 0.0724 e. The second kappa shape index (κ2) is 4.78. The quantitative estimate of drug-likeness (QED) is 0.448. The molecule has 2 heteroatoms. The molecule has 0 aromatic carbocycles. The third-order valence-electron chi connectivity index (χ3n) is 0.705. The van der Waals surface area contributed by atoms with Gasteiger partial charge in [0.25, 0.3) is 0 Å². The first-order valence-corrected chi connectivity index (χ1v) is 3.03. The number of allylic oxidation sites excluding steroid dienone is 1. The molecule has 0 spiro atoms. The van der Waals surface area contributed by atoms with Gasteiger partial charge >= 0.3 is 0 Å². The highest BCUT2D eigenvalue weighted by Crippen LogP contribution is 1.69. The van der Waals surface area contributed by atoms with E-state index in [-0.39, 0.29) is 0 Å². The van der Waals surface area contributed by atoms with Crippen LogP contribution in [0.4, 0.5) is 0 Å². The van der Waals surface area contributed by atoms with E-state index < -0.39 is 0 Å². The van der Waals surface area contributed by atoms with Crippen LogP contribution >= 0.6 is 12.2 Å². The second-order valence-electron chi connectivity index (χ2n) is 1.51. The van der Waals surface area contributed by atoms with Gasteiger partial charge in [0, 0.05) is 6.54 Å². The molecule has 0 aliphatic heterocycles. The first-order chi connectivity index (χ1) is 3.77. The van der Waals surface area contributed by atoms with Crippen LogP contribution in [0.1, 0.15) is 13.8 Å². The van der Waals surface area contributed by atoms with Crippen molar-refractivity contribution < 1.29 is 0 Å². The summed E-state index contributed by atoms with van der Waals surface area (Å²) < 4.78 is 0. The van der Waals surface area contributed by atoms with Crippen LogP contribution in [0.2, 0.25) is 0 Å². The zero-order valence-corrected chi connectivity index (χ0v) is 6.09. The monoisotopic (exact) mass is 129 g/mol. The van der Waals surface area contributed by atoms with Gasteiger partial charge in [-0.1, -0.05) is 24.4 Å². The minimum atomic E-state index is 0.850. The molecule has 0 bridgehead atoms. The summed E-state index contributed by atoms with van der Waals surface area (Å²) in [5.74, 6) is 0. The Morgan fingerprint density at radius 3 is 2.75 bits per heavy atom. The van der Waals surface area contributed by atoms with Gasteiger partial charge in [-0.25, -0.2) is 0 Å². The fourth-order valence-electron chi connectivity index (χ4n) is 0.321. The molecule has 0 aliphatic rings. The maximum Gasteiger partial charge on any atom is 0.0724 e. The molecular formula is C6H11NS. The number of thiocarbonyl (C=S) groups is 1. The molecule has 1 nitrogen and oxygen atoms in total. The van der Waals surface area contributed by atoms with Crippen molar-refractivity contribution in [3.63, 3.8) is 0 Å². The number of rotatable bonds is 2. The Kier molecular flexibility index (Phi) is 4.56. The summed E-state index contributed by atoms with van der Waals surface area (Å²) in [7, 11) is 0. The van der Waals surface area contributed by atoms with Gasteiger partial charge in [-0.05, 0) is 13.8 Å². The molecule has 0 aliphatic carbocycles. The predicted octanol–water partition coefficient (Wildman–Crippen LogP) is 1.50. The standard InChI is InChI=1S/C6H11NS/c1-3-4-5-7-6(2)8/h3-4H,5H2,1-2H3,(H,7,8)/b4-3+. The molecule has 0 saturated heterocycles. The second-order valence-corrected chi connectivity index (χ2v) is 2.12. The molecule has 1 N–H and O–H groups in total. The lowest BCUT2D eigenvalue weighted by Gasteiger charge is -1.95. The summed E-state index contributed by atoms with van der Waals surface area (Å²) in [5, 5.41) is 2.99. The lowest BCUT2D eigenvalue weighted by Crippen LogP contribution is -2.17. The first kappa shape index (κ1) is 7.63. The summed E-state index contributed by atoms with van der Waals surface area (Å²) in [6.45, 7) is 4.71. The highest BCUT2D eigenvalue weighted by molar-refractivity contribution is 7.80. The van der Waals surface area contributed by atoms with E-state index in [1.54, 1.807) is 0 Å². The Balaban J connectivity index is 3.05. The maximum atomic E-state index is 4.76. The fourth-order valence-corrected chi connectivity index (χ4v) is 0.404. The van der Waals surface area contributed by atoms with Crippen LogP contribution in [0, 0.1) is 0 Å². The fraction of sp³-hybridized carbons (Fsp3) is 0.500. The van der Waals surface area contributed by atoms with E-state index in [9.17, 15) is 0 Å². The topological polar surface area (TPSA) is 12.0 Å². The highest BCUT2D eigenvalue weighted by Gasteiger charge is 1.77. The minimum absolute atomic E-state index is 0.850. The Labute approximate surface area is 55.8 Å². The molecule has 0 atom stereocenters. The molecule has 46 valence electrons. The molecule has 0 aromatic heterocycles. The van der Waals surface area contributed by atoms with Gasteiger partial charge in [-0.15, -0.1) is 0 Å². The third kappa shape index (κ3) is 5.63. The van der Waals surface area contributed by atoms with Crippen molar-refractivity contribution in [1.29, 1.82) is 0 Å². The van der Waals surface area contributed by atoms with E-state index in [1.807, 2.05) is 26.0 Å². The summed E-state index contributed by atoms with van der Waals surface area (Å²) in [6, 6.07) is 0. The molecule has 0 radical (unpaired) electrons. The van der Waals surface area contributed by atoms with Gasteiger partial charge in [0.05, 0.1) is 4.99 Å². The molecule has 0 saturated carbocycles. The van der Waals surface area contributed by atoms with Crippen molar-refractivity contribution in [2.75, 3.05) is 6.54 Å².